The average molecular weight is 278 g/mol. The van der Waals surface area contributed by atoms with Crippen LogP contribution in [0, 0.1) is 0 Å². The van der Waals surface area contributed by atoms with Crippen molar-refractivity contribution in [2.45, 2.75) is 39.2 Å². The minimum absolute atomic E-state index is 0.0250. The molecule has 0 saturated carbocycles. The van der Waals surface area contributed by atoms with Crippen LogP contribution in [0.1, 0.15) is 32.3 Å². The monoisotopic (exact) mass is 278 g/mol. The van der Waals surface area contributed by atoms with Crippen molar-refractivity contribution in [3.63, 3.8) is 0 Å². The summed E-state index contributed by atoms with van der Waals surface area (Å²) >= 11 is 0. The number of hydrogen-bond donors (Lipinski definition) is 1. The summed E-state index contributed by atoms with van der Waals surface area (Å²) in [6, 6.07) is 0.369. The number of urea groups is 1. The zero-order valence-electron chi connectivity index (χ0n) is 12.1. The summed E-state index contributed by atoms with van der Waals surface area (Å²) in [7, 11) is 0. The molecule has 1 aromatic rings. The van der Waals surface area contributed by atoms with Crippen LogP contribution in [0.25, 0.3) is 0 Å². The largest absolute Gasteiger partial charge is 0.458 e. The van der Waals surface area contributed by atoms with Crippen LogP contribution < -0.4 is 10.1 Å². The van der Waals surface area contributed by atoms with Crippen molar-refractivity contribution in [1.29, 1.82) is 0 Å². The van der Waals surface area contributed by atoms with Crippen molar-refractivity contribution in [2.75, 3.05) is 19.6 Å². The molecular weight excluding hydrogens is 256 g/mol. The first-order valence-corrected chi connectivity index (χ1v) is 7.23. The zero-order valence-corrected chi connectivity index (χ0v) is 12.1. The fraction of sp³-hybridized carbons (Fsp3) is 0.643. The average Bonchev–Trinajstić information content (AvgIpc) is 2.48. The van der Waals surface area contributed by atoms with Gasteiger partial charge in [0.1, 0.15) is 6.10 Å². The fourth-order valence-corrected chi connectivity index (χ4v) is 2.22. The van der Waals surface area contributed by atoms with Crippen LogP contribution in [0.3, 0.4) is 0 Å². The maximum Gasteiger partial charge on any atom is 0.317 e. The lowest BCUT2D eigenvalue weighted by Gasteiger charge is -2.32. The summed E-state index contributed by atoms with van der Waals surface area (Å²) in [5, 5.41) is 2.81. The first-order chi connectivity index (χ1) is 9.72. The Morgan fingerprint density at radius 1 is 1.45 bits per heavy atom. The molecule has 2 heterocycles. The number of rotatable bonds is 4. The normalized spacial score (nSPS) is 18.7. The van der Waals surface area contributed by atoms with Gasteiger partial charge in [-0.2, -0.15) is 0 Å². The van der Waals surface area contributed by atoms with Gasteiger partial charge in [-0.1, -0.05) is 6.92 Å². The number of carbonyl (C=O) groups is 1. The molecule has 1 saturated heterocycles. The number of nitrogens with one attached hydrogen (secondary N) is 1. The highest BCUT2D eigenvalue weighted by Crippen LogP contribution is 2.15. The molecule has 0 bridgehead atoms. The number of aryl methyl sites for hydroxylation is 1. The van der Waals surface area contributed by atoms with Crippen LogP contribution in [0.15, 0.2) is 12.4 Å². The smallest absolute Gasteiger partial charge is 0.317 e. The van der Waals surface area contributed by atoms with Crippen LogP contribution in [0.5, 0.6) is 6.01 Å². The molecule has 2 rings (SSSR count). The van der Waals surface area contributed by atoms with Crippen molar-refractivity contribution < 1.29 is 9.53 Å². The van der Waals surface area contributed by atoms with Gasteiger partial charge in [-0.15, -0.1) is 0 Å². The summed E-state index contributed by atoms with van der Waals surface area (Å²) in [5.41, 5.74) is 1.09. The number of hydrogen-bond acceptors (Lipinski definition) is 4. The molecule has 1 aromatic heterocycles. The molecule has 1 aliphatic rings. The molecular formula is C14H22N4O2. The highest BCUT2D eigenvalue weighted by Gasteiger charge is 2.25. The first-order valence-electron chi connectivity index (χ1n) is 7.23. The Labute approximate surface area is 119 Å². The third kappa shape index (κ3) is 3.82. The Kier molecular flexibility index (Phi) is 5.15. The number of aromatic nitrogens is 2. The maximum atomic E-state index is 11.8. The van der Waals surface area contributed by atoms with Crippen molar-refractivity contribution in [2.24, 2.45) is 0 Å². The number of nitrogens with zero attached hydrogens (tertiary/aromatic N) is 3. The standard InChI is InChI=1S/C14H22N4O2/c1-3-11-8-16-13(17-9-11)20-12-6-5-7-18(10-12)14(19)15-4-2/h8-9,12H,3-7,10H2,1-2H3,(H,15,19). The first kappa shape index (κ1) is 14.6. The number of amides is 2. The number of likely N-dealkylation sites (tertiary alicyclic amines) is 1. The summed E-state index contributed by atoms with van der Waals surface area (Å²) in [5.74, 6) is 0. The molecule has 1 aliphatic heterocycles. The van der Waals surface area contributed by atoms with E-state index in [2.05, 4.69) is 22.2 Å². The van der Waals surface area contributed by atoms with Gasteiger partial charge < -0.3 is 15.0 Å². The Morgan fingerprint density at radius 2 is 2.20 bits per heavy atom. The lowest BCUT2D eigenvalue weighted by atomic mass is 10.1. The van der Waals surface area contributed by atoms with Gasteiger partial charge in [0.15, 0.2) is 0 Å². The highest BCUT2D eigenvalue weighted by molar-refractivity contribution is 5.74. The van der Waals surface area contributed by atoms with E-state index in [0.29, 0.717) is 19.1 Å². The van der Waals surface area contributed by atoms with Gasteiger partial charge in [-0.25, -0.2) is 14.8 Å². The van der Waals surface area contributed by atoms with Gasteiger partial charge in [0.2, 0.25) is 0 Å². The van der Waals surface area contributed by atoms with E-state index in [0.717, 1.165) is 31.4 Å². The van der Waals surface area contributed by atoms with Crippen LogP contribution in [-0.2, 0) is 6.42 Å². The van der Waals surface area contributed by atoms with Gasteiger partial charge >= 0.3 is 12.0 Å². The molecule has 1 unspecified atom stereocenters. The molecule has 0 aliphatic carbocycles. The topological polar surface area (TPSA) is 67.4 Å². The van der Waals surface area contributed by atoms with Crippen molar-refractivity contribution in [3.05, 3.63) is 18.0 Å². The van der Waals surface area contributed by atoms with Crippen LogP contribution in [-0.4, -0.2) is 46.6 Å². The molecule has 2 amide bonds. The Bertz CT molecular complexity index is 435. The van der Waals surface area contributed by atoms with Crippen molar-refractivity contribution in [3.8, 4) is 6.01 Å². The van der Waals surface area contributed by atoms with Crippen LogP contribution >= 0.6 is 0 Å². The quantitative estimate of drug-likeness (QED) is 0.908. The van der Waals surface area contributed by atoms with E-state index in [1.54, 1.807) is 17.3 Å². The SMILES string of the molecule is CCNC(=O)N1CCCC(Oc2ncc(CC)cn2)C1. The lowest BCUT2D eigenvalue weighted by Crippen LogP contribution is -2.48. The molecule has 0 spiro atoms. The Hall–Kier alpha value is -1.85. The minimum atomic E-state index is -0.0289. The van der Waals surface area contributed by atoms with Crippen LogP contribution in [0.2, 0.25) is 0 Å². The molecule has 1 atom stereocenters. The van der Waals surface area contributed by atoms with Gasteiger partial charge in [0.25, 0.3) is 0 Å². The molecule has 0 radical (unpaired) electrons. The van der Waals surface area contributed by atoms with E-state index < -0.39 is 0 Å². The van der Waals surface area contributed by atoms with Crippen molar-refractivity contribution in [1.82, 2.24) is 20.2 Å². The molecule has 1 N–H and O–H groups in total. The number of piperidine rings is 1. The maximum absolute atomic E-state index is 11.8. The van der Waals surface area contributed by atoms with E-state index >= 15 is 0 Å². The minimum Gasteiger partial charge on any atom is -0.458 e. The van der Waals surface area contributed by atoms with E-state index in [-0.39, 0.29) is 12.1 Å². The predicted octanol–water partition coefficient (Wildman–Crippen LogP) is 1.61. The predicted molar refractivity (Wildman–Crippen MR) is 75.7 cm³/mol. The summed E-state index contributed by atoms with van der Waals surface area (Å²) in [6.45, 7) is 5.98. The highest BCUT2D eigenvalue weighted by atomic mass is 16.5. The molecule has 110 valence electrons. The molecule has 20 heavy (non-hydrogen) atoms. The zero-order chi connectivity index (χ0) is 14.4. The van der Waals surface area contributed by atoms with E-state index in [1.165, 1.54) is 0 Å². The summed E-state index contributed by atoms with van der Waals surface area (Å²) in [4.78, 5) is 22.0. The van der Waals surface area contributed by atoms with Gasteiger partial charge in [-0.05, 0) is 31.7 Å². The Morgan fingerprint density at radius 3 is 2.85 bits per heavy atom. The summed E-state index contributed by atoms with van der Waals surface area (Å²) in [6.07, 6.45) is 6.32. The Balaban J connectivity index is 1.90. The molecule has 6 nitrogen and oxygen atoms in total. The molecule has 6 heteroatoms. The van der Waals surface area contributed by atoms with E-state index in [4.69, 9.17) is 4.74 Å². The second-order valence-electron chi connectivity index (χ2n) is 4.89. The van der Waals surface area contributed by atoms with Crippen LogP contribution in [0.4, 0.5) is 4.79 Å². The van der Waals surface area contributed by atoms with Gasteiger partial charge in [-0.3, -0.25) is 0 Å². The van der Waals surface area contributed by atoms with Gasteiger partial charge in [0, 0.05) is 25.5 Å². The van der Waals surface area contributed by atoms with Crippen molar-refractivity contribution >= 4 is 6.03 Å². The second kappa shape index (κ2) is 7.07. The number of carbonyl (C=O) groups excluding carboxylic acids is 1. The fourth-order valence-electron chi connectivity index (χ4n) is 2.22. The third-order valence-electron chi connectivity index (χ3n) is 3.36. The van der Waals surface area contributed by atoms with E-state index in [9.17, 15) is 4.79 Å². The molecule has 1 fully saturated rings. The molecule has 0 aromatic carbocycles. The summed E-state index contributed by atoms with van der Waals surface area (Å²) < 4.78 is 5.77. The number of ether oxygens (including phenoxy) is 1. The van der Waals surface area contributed by atoms with Gasteiger partial charge in [0.05, 0.1) is 6.54 Å². The third-order valence-corrected chi connectivity index (χ3v) is 3.36. The van der Waals surface area contributed by atoms with E-state index in [1.807, 2.05) is 6.92 Å². The second-order valence-corrected chi connectivity index (χ2v) is 4.89. The lowest BCUT2D eigenvalue weighted by molar-refractivity contribution is 0.0940.